The monoisotopic (exact) mass is 269 g/mol. The number of aryl methyl sites for hydroxylation is 1. The van der Waals surface area contributed by atoms with Gasteiger partial charge in [-0.25, -0.2) is 4.98 Å². The summed E-state index contributed by atoms with van der Waals surface area (Å²) in [7, 11) is 1.64. The first-order valence-corrected chi connectivity index (χ1v) is 7.03. The van der Waals surface area contributed by atoms with Gasteiger partial charge in [-0.15, -0.1) is 0 Å². The highest BCUT2D eigenvalue weighted by atomic mass is 16.5. The number of pyridine rings is 2. The molecule has 2 aromatic heterocycles. The molecule has 0 aromatic carbocycles. The Bertz CT molecular complexity index is 585. The number of nitrogens with one attached hydrogen (secondary N) is 1. The maximum Gasteiger partial charge on any atom is 0.213 e. The maximum atomic E-state index is 5.15. The smallest absolute Gasteiger partial charge is 0.213 e. The molecule has 1 aliphatic carbocycles. The van der Waals surface area contributed by atoms with E-state index in [0.717, 1.165) is 19.4 Å². The molecule has 2 aromatic rings. The normalized spacial score (nSPS) is 17.6. The molecule has 1 aliphatic rings. The van der Waals surface area contributed by atoms with E-state index in [4.69, 9.17) is 4.74 Å². The van der Waals surface area contributed by atoms with Gasteiger partial charge in [-0.2, -0.15) is 0 Å². The quantitative estimate of drug-likeness (QED) is 0.927. The lowest BCUT2D eigenvalue weighted by Crippen LogP contribution is -2.25. The highest BCUT2D eigenvalue weighted by Gasteiger charge is 2.20. The minimum Gasteiger partial charge on any atom is -0.481 e. The second-order valence-corrected chi connectivity index (χ2v) is 5.08. The summed E-state index contributed by atoms with van der Waals surface area (Å²) in [5, 5.41) is 3.60. The molecule has 0 spiro atoms. The largest absolute Gasteiger partial charge is 0.481 e. The van der Waals surface area contributed by atoms with Crippen molar-refractivity contribution in [2.24, 2.45) is 0 Å². The Labute approximate surface area is 119 Å². The number of nitrogens with zero attached hydrogens (tertiary/aromatic N) is 2. The van der Waals surface area contributed by atoms with E-state index in [1.54, 1.807) is 13.3 Å². The molecule has 0 amide bonds. The van der Waals surface area contributed by atoms with Gasteiger partial charge in [0.15, 0.2) is 0 Å². The summed E-state index contributed by atoms with van der Waals surface area (Å²) in [4.78, 5) is 8.67. The lowest BCUT2D eigenvalue weighted by Gasteiger charge is -2.25. The lowest BCUT2D eigenvalue weighted by atomic mass is 9.92. The van der Waals surface area contributed by atoms with E-state index >= 15 is 0 Å². The Morgan fingerprint density at radius 1 is 1.30 bits per heavy atom. The summed E-state index contributed by atoms with van der Waals surface area (Å²) >= 11 is 0. The molecule has 4 nitrogen and oxygen atoms in total. The van der Waals surface area contributed by atoms with Crippen molar-refractivity contribution in [1.82, 2.24) is 15.3 Å². The van der Waals surface area contributed by atoms with Crippen LogP contribution in [0.3, 0.4) is 0 Å². The molecule has 0 fully saturated rings. The van der Waals surface area contributed by atoms with E-state index in [-0.39, 0.29) is 0 Å². The fourth-order valence-electron chi connectivity index (χ4n) is 2.72. The summed E-state index contributed by atoms with van der Waals surface area (Å²) in [6.07, 6.45) is 7.17. The van der Waals surface area contributed by atoms with Crippen molar-refractivity contribution in [3.8, 4) is 5.88 Å². The molecule has 0 aliphatic heterocycles. The zero-order chi connectivity index (χ0) is 13.8. The Morgan fingerprint density at radius 2 is 2.25 bits per heavy atom. The van der Waals surface area contributed by atoms with Crippen LogP contribution in [0.25, 0.3) is 0 Å². The minimum absolute atomic E-state index is 0.346. The first kappa shape index (κ1) is 13.1. The molecule has 20 heavy (non-hydrogen) atoms. The molecule has 0 saturated carbocycles. The molecule has 0 bridgehead atoms. The van der Waals surface area contributed by atoms with Crippen molar-refractivity contribution in [1.29, 1.82) is 0 Å². The van der Waals surface area contributed by atoms with E-state index in [1.165, 1.54) is 23.2 Å². The standard InChI is InChI=1S/C16H19N3O/c1-20-15-10-12(7-9-17-15)11-19-14-6-2-4-13-5-3-8-18-16(13)14/h3,5,7-10,14,19H,2,4,6,11H2,1H3. The van der Waals surface area contributed by atoms with Crippen LogP contribution in [0.5, 0.6) is 5.88 Å². The average molecular weight is 269 g/mol. The second-order valence-electron chi connectivity index (χ2n) is 5.08. The number of fused-ring (bicyclic) bond motifs is 1. The SMILES string of the molecule is COc1cc(CNC2CCCc3cccnc32)ccn1. The van der Waals surface area contributed by atoms with Gasteiger partial charge in [0.1, 0.15) is 0 Å². The van der Waals surface area contributed by atoms with E-state index < -0.39 is 0 Å². The molecule has 104 valence electrons. The summed E-state index contributed by atoms with van der Waals surface area (Å²) in [5.74, 6) is 0.659. The van der Waals surface area contributed by atoms with Crippen LogP contribution in [0.15, 0.2) is 36.7 Å². The van der Waals surface area contributed by atoms with Crippen molar-refractivity contribution < 1.29 is 4.74 Å². The molecule has 1 atom stereocenters. The van der Waals surface area contributed by atoms with Gasteiger partial charge in [0.2, 0.25) is 5.88 Å². The summed E-state index contributed by atoms with van der Waals surface area (Å²) in [6.45, 7) is 0.805. The average Bonchev–Trinajstić information content (AvgIpc) is 2.53. The molecular weight excluding hydrogens is 250 g/mol. The molecule has 3 rings (SSSR count). The Balaban J connectivity index is 1.70. The highest BCUT2D eigenvalue weighted by Crippen LogP contribution is 2.27. The van der Waals surface area contributed by atoms with E-state index in [9.17, 15) is 0 Å². The fourth-order valence-corrected chi connectivity index (χ4v) is 2.72. The third-order valence-corrected chi connectivity index (χ3v) is 3.76. The van der Waals surface area contributed by atoms with Crippen LogP contribution in [-0.2, 0) is 13.0 Å². The molecule has 1 N–H and O–H groups in total. The first-order valence-electron chi connectivity index (χ1n) is 7.03. The van der Waals surface area contributed by atoms with Crippen molar-refractivity contribution in [2.75, 3.05) is 7.11 Å². The number of rotatable bonds is 4. The lowest BCUT2D eigenvalue weighted by molar-refractivity contribution is 0.396. The number of hydrogen-bond donors (Lipinski definition) is 1. The van der Waals surface area contributed by atoms with Crippen LogP contribution < -0.4 is 10.1 Å². The van der Waals surface area contributed by atoms with Crippen molar-refractivity contribution in [2.45, 2.75) is 31.8 Å². The third-order valence-electron chi connectivity index (χ3n) is 3.76. The van der Waals surface area contributed by atoms with Gasteiger partial charge < -0.3 is 10.1 Å². The summed E-state index contributed by atoms with van der Waals surface area (Å²) < 4.78 is 5.15. The third kappa shape index (κ3) is 2.80. The van der Waals surface area contributed by atoms with Gasteiger partial charge in [-0.05, 0) is 42.5 Å². The van der Waals surface area contributed by atoms with Crippen LogP contribution in [-0.4, -0.2) is 17.1 Å². The van der Waals surface area contributed by atoms with Gasteiger partial charge in [0.05, 0.1) is 18.8 Å². The molecular formula is C16H19N3O. The van der Waals surface area contributed by atoms with E-state index in [0.29, 0.717) is 11.9 Å². The molecule has 0 radical (unpaired) electrons. The van der Waals surface area contributed by atoms with Gasteiger partial charge in [0.25, 0.3) is 0 Å². The Morgan fingerprint density at radius 3 is 3.15 bits per heavy atom. The highest BCUT2D eigenvalue weighted by molar-refractivity contribution is 5.26. The minimum atomic E-state index is 0.346. The fraction of sp³-hybridized carbons (Fsp3) is 0.375. The summed E-state index contributed by atoms with van der Waals surface area (Å²) in [6, 6.07) is 8.53. The first-order chi connectivity index (χ1) is 9.86. The number of hydrogen-bond acceptors (Lipinski definition) is 4. The number of methoxy groups -OCH3 is 1. The summed E-state index contributed by atoms with van der Waals surface area (Å²) in [5.41, 5.74) is 3.77. The number of aromatic nitrogens is 2. The van der Waals surface area contributed by atoms with Gasteiger partial charge >= 0.3 is 0 Å². The van der Waals surface area contributed by atoms with Crippen molar-refractivity contribution in [3.63, 3.8) is 0 Å². The number of ether oxygens (including phenoxy) is 1. The van der Waals surface area contributed by atoms with E-state index in [2.05, 4.69) is 21.4 Å². The van der Waals surface area contributed by atoms with Crippen LogP contribution in [0.1, 0.15) is 35.7 Å². The molecule has 4 heteroatoms. The zero-order valence-corrected chi connectivity index (χ0v) is 11.7. The van der Waals surface area contributed by atoms with Gasteiger partial charge in [-0.3, -0.25) is 4.98 Å². The zero-order valence-electron chi connectivity index (χ0n) is 11.7. The molecule has 2 heterocycles. The molecule has 0 saturated heterocycles. The Hall–Kier alpha value is -1.94. The van der Waals surface area contributed by atoms with E-state index in [1.807, 2.05) is 24.4 Å². The van der Waals surface area contributed by atoms with Crippen LogP contribution in [0.4, 0.5) is 0 Å². The van der Waals surface area contributed by atoms with Crippen molar-refractivity contribution >= 4 is 0 Å². The predicted octanol–water partition coefficient (Wildman–Crippen LogP) is 2.65. The Kier molecular flexibility index (Phi) is 3.92. The van der Waals surface area contributed by atoms with Crippen LogP contribution >= 0.6 is 0 Å². The van der Waals surface area contributed by atoms with Gasteiger partial charge in [-0.1, -0.05) is 6.07 Å². The van der Waals surface area contributed by atoms with Gasteiger partial charge in [0, 0.05) is 25.0 Å². The van der Waals surface area contributed by atoms with Crippen molar-refractivity contribution in [3.05, 3.63) is 53.5 Å². The topological polar surface area (TPSA) is 47.0 Å². The molecule has 1 unspecified atom stereocenters. The predicted molar refractivity (Wildman–Crippen MR) is 77.5 cm³/mol. The van der Waals surface area contributed by atoms with Crippen LogP contribution in [0.2, 0.25) is 0 Å². The van der Waals surface area contributed by atoms with Crippen LogP contribution in [0, 0.1) is 0 Å². The second kappa shape index (κ2) is 6.01. The maximum absolute atomic E-state index is 5.15.